The largest absolute Gasteiger partial charge is 0.384 e. The van der Waals surface area contributed by atoms with Crippen LogP contribution < -0.4 is 5.73 Å². The molecule has 0 saturated heterocycles. The molecule has 0 aliphatic heterocycles. The van der Waals surface area contributed by atoms with Crippen molar-refractivity contribution >= 4 is 5.82 Å². The molecule has 18 heavy (non-hydrogen) atoms. The number of anilines is 1. The minimum Gasteiger partial charge on any atom is -0.384 e. The molecule has 1 rings (SSSR count). The van der Waals surface area contributed by atoms with Gasteiger partial charge >= 0.3 is 0 Å². The summed E-state index contributed by atoms with van der Waals surface area (Å²) in [5, 5.41) is 4.52. The van der Waals surface area contributed by atoms with Crippen LogP contribution in [0.2, 0.25) is 0 Å². The Kier molecular flexibility index (Phi) is 6.84. The van der Waals surface area contributed by atoms with Gasteiger partial charge in [-0.05, 0) is 19.3 Å². The van der Waals surface area contributed by atoms with Gasteiger partial charge in [-0.15, -0.1) is 0 Å². The SMILES string of the molecule is CCCCCCCCCc1nn(C)c(N)c1CC. The number of nitrogens with two attached hydrogens (primary N) is 1. The Morgan fingerprint density at radius 3 is 2.22 bits per heavy atom. The van der Waals surface area contributed by atoms with Crippen LogP contribution in [0.1, 0.15) is 70.1 Å². The Bertz CT molecular complexity index is 342. The van der Waals surface area contributed by atoms with Gasteiger partial charge in [0.1, 0.15) is 5.82 Å². The fourth-order valence-corrected chi connectivity index (χ4v) is 2.47. The third-order valence-electron chi connectivity index (χ3n) is 3.65. The number of aromatic nitrogens is 2. The van der Waals surface area contributed by atoms with E-state index in [0.717, 1.165) is 18.7 Å². The van der Waals surface area contributed by atoms with Crippen LogP contribution in [-0.4, -0.2) is 9.78 Å². The van der Waals surface area contributed by atoms with Gasteiger partial charge in [0.2, 0.25) is 0 Å². The van der Waals surface area contributed by atoms with E-state index in [1.165, 1.54) is 56.2 Å². The van der Waals surface area contributed by atoms with Crippen LogP contribution in [-0.2, 0) is 19.9 Å². The summed E-state index contributed by atoms with van der Waals surface area (Å²) in [6, 6.07) is 0. The first-order chi connectivity index (χ1) is 8.70. The van der Waals surface area contributed by atoms with Crippen LogP contribution in [0.5, 0.6) is 0 Å². The highest BCUT2D eigenvalue weighted by atomic mass is 15.3. The van der Waals surface area contributed by atoms with Crippen molar-refractivity contribution in [1.82, 2.24) is 9.78 Å². The molecule has 0 aliphatic rings. The second-order valence-electron chi connectivity index (χ2n) is 5.16. The summed E-state index contributed by atoms with van der Waals surface area (Å²) in [6.07, 6.45) is 11.5. The Balaban J connectivity index is 2.25. The molecule has 104 valence electrons. The van der Waals surface area contributed by atoms with Crippen molar-refractivity contribution < 1.29 is 0 Å². The lowest BCUT2D eigenvalue weighted by atomic mass is 10.0. The molecule has 0 atom stereocenters. The molecule has 0 amide bonds. The molecule has 1 aromatic heterocycles. The summed E-state index contributed by atoms with van der Waals surface area (Å²) < 4.78 is 1.81. The molecule has 1 heterocycles. The second kappa shape index (κ2) is 8.17. The first kappa shape index (κ1) is 15.1. The van der Waals surface area contributed by atoms with Gasteiger partial charge in [-0.1, -0.05) is 52.4 Å². The lowest BCUT2D eigenvalue weighted by molar-refractivity contribution is 0.584. The molecule has 1 aromatic rings. The maximum Gasteiger partial charge on any atom is 0.124 e. The zero-order valence-electron chi connectivity index (χ0n) is 12.3. The molecule has 0 radical (unpaired) electrons. The molecular formula is C15H29N3. The number of hydrogen-bond acceptors (Lipinski definition) is 2. The van der Waals surface area contributed by atoms with Gasteiger partial charge in [0, 0.05) is 12.6 Å². The molecule has 0 saturated carbocycles. The smallest absolute Gasteiger partial charge is 0.124 e. The molecule has 0 bridgehead atoms. The van der Waals surface area contributed by atoms with Gasteiger partial charge in [-0.25, -0.2) is 0 Å². The lowest BCUT2D eigenvalue weighted by Gasteiger charge is -2.02. The van der Waals surface area contributed by atoms with Crippen molar-refractivity contribution in [2.75, 3.05) is 5.73 Å². The van der Waals surface area contributed by atoms with Crippen molar-refractivity contribution in [3.05, 3.63) is 11.3 Å². The van der Waals surface area contributed by atoms with E-state index in [-0.39, 0.29) is 0 Å². The summed E-state index contributed by atoms with van der Waals surface area (Å²) in [6.45, 7) is 4.42. The average molecular weight is 251 g/mol. The van der Waals surface area contributed by atoms with Crippen molar-refractivity contribution in [2.45, 2.75) is 71.6 Å². The topological polar surface area (TPSA) is 43.8 Å². The van der Waals surface area contributed by atoms with Crippen molar-refractivity contribution in [2.24, 2.45) is 7.05 Å². The van der Waals surface area contributed by atoms with Crippen molar-refractivity contribution in [1.29, 1.82) is 0 Å². The van der Waals surface area contributed by atoms with Gasteiger partial charge in [0.15, 0.2) is 0 Å². The maximum atomic E-state index is 6.00. The van der Waals surface area contributed by atoms with E-state index in [4.69, 9.17) is 5.73 Å². The molecule has 0 aromatic carbocycles. The highest BCUT2D eigenvalue weighted by molar-refractivity contribution is 5.43. The van der Waals surface area contributed by atoms with Crippen LogP contribution in [0.4, 0.5) is 5.82 Å². The van der Waals surface area contributed by atoms with E-state index in [0.29, 0.717) is 0 Å². The number of nitrogens with zero attached hydrogens (tertiary/aromatic N) is 2. The van der Waals surface area contributed by atoms with E-state index in [9.17, 15) is 0 Å². The molecule has 0 spiro atoms. The molecule has 0 unspecified atom stereocenters. The predicted octanol–water partition coefficient (Wildman–Crippen LogP) is 3.86. The first-order valence-corrected chi connectivity index (χ1v) is 7.50. The summed E-state index contributed by atoms with van der Waals surface area (Å²) in [5.41, 5.74) is 8.47. The molecular weight excluding hydrogens is 222 g/mol. The zero-order valence-corrected chi connectivity index (χ0v) is 12.3. The van der Waals surface area contributed by atoms with E-state index in [2.05, 4.69) is 18.9 Å². The Morgan fingerprint density at radius 1 is 1.00 bits per heavy atom. The van der Waals surface area contributed by atoms with E-state index < -0.39 is 0 Å². The zero-order chi connectivity index (χ0) is 13.4. The van der Waals surface area contributed by atoms with Crippen molar-refractivity contribution in [3.8, 4) is 0 Å². The van der Waals surface area contributed by atoms with Gasteiger partial charge < -0.3 is 5.73 Å². The Morgan fingerprint density at radius 2 is 1.61 bits per heavy atom. The number of hydrogen-bond donors (Lipinski definition) is 1. The fraction of sp³-hybridized carbons (Fsp3) is 0.800. The number of unbranched alkanes of at least 4 members (excludes halogenated alkanes) is 6. The number of rotatable bonds is 9. The molecule has 3 heteroatoms. The van der Waals surface area contributed by atoms with Crippen molar-refractivity contribution in [3.63, 3.8) is 0 Å². The normalized spacial score (nSPS) is 11.1. The Labute approximate surface area is 112 Å². The maximum absolute atomic E-state index is 6.00. The van der Waals surface area contributed by atoms with Crippen LogP contribution in [0, 0.1) is 0 Å². The summed E-state index contributed by atoms with van der Waals surface area (Å²) >= 11 is 0. The quantitative estimate of drug-likeness (QED) is 0.677. The molecule has 3 nitrogen and oxygen atoms in total. The third-order valence-corrected chi connectivity index (χ3v) is 3.65. The fourth-order valence-electron chi connectivity index (χ4n) is 2.47. The highest BCUT2D eigenvalue weighted by Gasteiger charge is 2.11. The van der Waals surface area contributed by atoms with Gasteiger partial charge in [-0.2, -0.15) is 5.10 Å². The molecule has 0 aliphatic carbocycles. The average Bonchev–Trinajstić information content (AvgIpc) is 2.63. The summed E-state index contributed by atoms with van der Waals surface area (Å²) in [7, 11) is 1.93. The van der Waals surface area contributed by atoms with E-state index in [1.54, 1.807) is 0 Å². The molecule has 0 fully saturated rings. The third kappa shape index (κ3) is 4.35. The first-order valence-electron chi connectivity index (χ1n) is 7.50. The van der Waals surface area contributed by atoms with Gasteiger partial charge in [0.25, 0.3) is 0 Å². The van der Waals surface area contributed by atoms with E-state index >= 15 is 0 Å². The van der Waals surface area contributed by atoms with Crippen LogP contribution in [0.15, 0.2) is 0 Å². The summed E-state index contributed by atoms with van der Waals surface area (Å²) in [5.74, 6) is 0.843. The number of nitrogen functional groups attached to an aromatic ring is 1. The highest BCUT2D eigenvalue weighted by Crippen LogP contribution is 2.19. The standard InChI is InChI=1S/C15H29N3/c1-4-6-7-8-9-10-11-12-14-13(5-2)15(16)18(3)17-14/h4-12,16H2,1-3H3. The minimum absolute atomic E-state index is 0.843. The second-order valence-corrected chi connectivity index (χ2v) is 5.16. The lowest BCUT2D eigenvalue weighted by Crippen LogP contribution is -1.98. The predicted molar refractivity (Wildman–Crippen MR) is 78.7 cm³/mol. The minimum atomic E-state index is 0.843. The monoisotopic (exact) mass is 251 g/mol. The van der Waals surface area contributed by atoms with Gasteiger partial charge in [0.05, 0.1) is 5.69 Å². The van der Waals surface area contributed by atoms with Crippen LogP contribution in [0.25, 0.3) is 0 Å². The summed E-state index contributed by atoms with van der Waals surface area (Å²) in [4.78, 5) is 0. The van der Waals surface area contributed by atoms with Gasteiger partial charge in [-0.3, -0.25) is 4.68 Å². The van der Waals surface area contributed by atoms with Crippen LogP contribution in [0.3, 0.4) is 0 Å². The van der Waals surface area contributed by atoms with Crippen LogP contribution >= 0.6 is 0 Å². The number of aryl methyl sites for hydroxylation is 2. The Hall–Kier alpha value is -0.990. The van der Waals surface area contributed by atoms with E-state index in [1.807, 2.05) is 11.7 Å². The molecule has 2 N–H and O–H groups in total.